The first-order valence-corrected chi connectivity index (χ1v) is 37.4. The fourth-order valence-corrected chi connectivity index (χ4v) is 11.4. The van der Waals surface area contributed by atoms with E-state index in [9.17, 15) is 35.1 Å². The fourth-order valence-electron chi connectivity index (χ4n) is 11.4. The predicted octanol–water partition coefficient (Wildman–Crippen LogP) is 19.6. The van der Waals surface area contributed by atoms with Crippen LogP contribution in [0.25, 0.3) is 0 Å². The maximum absolute atomic E-state index is 13.5. The fraction of sp³-hybridized carbons (Fsp3) is 0.795. The van der Waals surface area contributed by atoms with Crippen LogP contribution in [0.15, 0.2) is 85.1 Å². The molecule has 0 aromatic heterocycles. The molecule has 1 heterocycles. The van der Waals surface area contributed by atoms with E-state index >= 15 is 0 Å². The van der Waals surface area contributed by atoms with E-state index in [1.165, 1.54) is 193 Å². The Morgan fingerprint density at radius 2 is 0.775 bits per heavy atom. The van der Waals surface area contributed by atoms with E-state index in [-0.39, 0.29) is 19.4 Å². The molecule has 0 spiro atoms. The number of esters is 1. The van der Waals surface area contributed by atoms with Gasteiger partial charge >= 0.3 is 5.97 Å². The maximum atomic E-state index is 13.5. The Morgan fingerprint density at radius 1 is 0.438 bits per heavy atom. The van der Waals surface area contributed by atoms with E-state index in [0.29, 0.717) is 12.8 Å². The second-order valence-electron chi connectivity index (χ2n) is 25.7. The zero-order chi connectivity index (χ0) is 64.6. The molecule has 11 nitrogen and oxygen atoms in total. The minimum absolute atomic E-state index is 0.117. The van der Waals surface area contributed by atoms with Gasteiger partial charge in [-0.05, 0) is 103 Å². The predicted molar refractivity (Wildman–Crippen MR) is 375 cm³/mol. The van der Waals surface area contributed by atoms with Crippen molar-refractivity contribution in [3.05, 3.63) is 85.1 Å². The summed E-state index contributed by atoms with van der Waals surface area (Å²) < 4.78 is 17.7. The minimum atomic E-state index is -1.62. The number of aliphatic hydroxyl groups excluding tert-OH is 5. The van der Waals surface area contributed by atoms with Crippen molar-refractivity contribution in [3.8, 4) is 0 Å². The highest BCUT2D eigenvalue weighted by Gasteiger charge is 2.47. The first-order valence-electron chi connectivity index (χ1n) is 37.4. The van der Waals surface area contributed by atoms with Gasteiger partial charge in [-0.2, -0.15) is 0 Å². The largest absolute Gasteiger partial charge is 0.454 e. The van der Waals surface area contributed by atoms with Crippen LogP contribution in [-0.4, -0.2) is 99.6 Å². The van der Waals surface area contributed by atoms with Crippen molar-refractivity contribution in [2.24, 2.45) is 0 Å². The van der Waals surface area contributed by atoms with Crippen LogP contribution in [0, 0.1) is 0 Å². The van der Waals surface area contributed by atoms with Gasteiger partial charge in [0.2, 0.25) is 5.91 Å². The molecular weight excluding hydrogens is 1110 g/mol. The van der Waals surface area contributed by atoms with Crippen LogP contribution in [-0.2, 0) is 23.8 Å². The summed E-state index contributed by atoms with van der Waals surface area (Å²) in [4.78, 5) is 26.7. The molecule has 0 aromatic carbocycles. The maximum Gasteiger partial charge on any atom is 0.306 e. The summed E-state index contributed by atoms with van der Waals surface area (Å²) in [5.74, 6) is -1.19. The smallest absolute Gasteiger partial charge is 0.306 e. The van der Waals surface area contributed by atoms with E-state index < -0.39 is 67.4 Å². The van der Waals surface area contributed by atoms with Crippen molar-refractivity contribution in [2.45, 2.75) is 384 Å². The Kier molecular flexibility index (Phi) is 61.2. The molecule has 0 aromatic rings. The highest BCUT2D eigenvalue weighted by molar-refractivity contribution is 5.80. The van der Waals surface area contributed by atoms with Gasteiger partial charge in [-0.3, -0.25) is 9.59 Å². The molecule has 1 aliphatic rings. The number of allylic oxidation sites excluding steroid dienone is 13. The number of amides is 1. The first-order chi connectivity index (χ1) is 43.7. The number of ether oxygens (including phenoxy) is 3. The molecule has 1 saturated heterocycles. The van der Waals surface area contributed by atoms with E-state index in [2.05, 4.69) is 99.0 Å². The number of carbonyl (C=O) groups excluding carboxylic acids is 2. The van der Waals surface area contributed by atoms with Crippen LogP contribution < -0.4 is 5.32 Å². The second kappa shape index (κ2) is 64.9. The summed E-state index contributed by atoms with van der Waals surface area (Å²) in [6.07, 6.45) is 76.1. The molecule has 1 aliphatic heterocycles. The summed E-state index contributed by atoms with van der Waals surface area (Å²) in [6.45, 7) is 5.77. The first kappa shape index (κ1) is 83.9. The Hall–Kier alpha value is -3.16. The summed E-state index contributed by atoms with van der Waals surface area (Å²) in [5, 5.41) is 57.4. The number of hydrogen-bond acceptors (Lipinski definition) is 10. The number of aliphatic hydroxyl groups is 5. The topological polar surface area (TPSA) is 175 Å². The van der Waals surface area contributed by atoms with E-state index in [1.807, 2.05) is 6.08 Å². The molecule has 6 N–H and O–H groups in total. The Labute approximate surface area is 546 Å². The van der Waals surface area contributed by atoms with Crippen molar-refractivity contribution >= 4 is 11.9 Å². The molecule has 0 aliphatic carbocycles. The third-order valence-corrected chi connectivity index (χ3v) is 17.3. The highest BCUT2D eigenvalue weighted by atomic mass is 16.7. The number of carbonyl (C=O) groups is 2. The lowest BCUT2D eigenvalue weighted by Gasteiger charge is -2.41. The summed E-state index contributed by atoms with van der Waals surface area (Å²) in [5.41, 5.74) is 0. The number of nitrogens with one attached hydrogen (secondary N) is 1. The van der Waals surface area contributed by atoms with Crippen molar-refractivity contribution < 1.29 is 49.3 Å². The van der Waals surface area contributed by atoms with Crippen molar-refractivity contribution in [2.75, 3.05) is 13.2 Å². The second-order valence-corrected chi connectivity index (χ2v) is 25.7. The highest BCUT2D eigenvalue weighted by Crippen LogP contribution is 2.26. The quantitative estimate of drug-likeness (QED) is 0.0195. The van der Waals surface area contributed by atoms with Crippen LogP contribution >= 0.6 is 0 Å². The summed E-state index contributed by atoms with van der Waals surface area (Å²) >= 11 is 0. The van der Waals surface area contributed by atoms with Gasteiger partial charge in [-0.1, -0.05) is 311 Å². The summed E-state index contributed by atoms with van der Waals surface area (Å²) in [7, 11) is 0. The number of hydrogen-bond donors (Lipinski definition) is 6. The SMILES string of the molecule is CCCCC/C=C\C/C=C\C/C=C\CCCCCCCCCCCCCC(O)C(=O)NC(COC1OC(CO)C(O)C(O)C1OC(=O)CCCCCCCCCCCC/C=C\C/C=C\C/C=C\CCCCC)C(O)/C=C/CCCCCCCCCCCCC. The molecule has 8 atom stereocenters. The van der Waals surface area contributed by atoms with Crippen LogP contribution in [0.5, 0.6) is 0 Å². The number of unbranched alkanes of at least 4 members (excludes halogenated alkanes) is 38. The third-order valence-electron chi connectivity index (χ3n) is 17.3. The van der Waals surface area contributed by atoms with Gasteiger partial charge < -0.3 is 45.1 Å². The van der Waals surface area contributed by atoms with Crippen LogP contribution in [0.3, 0.4) is 0 Å². The molecule has 1 fully saturated rings. The molecule has 8 unspecified atom stereocenters. The van der Waals surface area contributed by atoms with Crippen LogP contribution in [0.2, 0.25) is 0 Å². The molecule has 1 amide bonds. The van der Waals surface area contributed by atoms with E-state index in [4.69, 9.17) is 14.2 Å². The normalized spacial score (nSPS) is 18.6. The lowest BCUT2D eigenvalue weighted by Crippen LogP contribution is -2.61. The van der Waals surface area contributed by atoms with Crippen molar-refractivity contribution in [1.82, 2.24) is 5.32 Å². The van der Waals surface area contributed by atoms with Gasteiger partial charge in [0.05, 0.1) is 25.4 Å². The van der Waals surface area contributed by atoms with Crippen LogP contribution in [0.4, 0.5) is 0 Å². The lowest BCUT2D eigenvalue weighted by atomic mass is 9.99. The average molecular weight is 1250 g/mol. The Balaban J connectivity index is 2.57. The lowest BCUT2D eigenvalue weighted by molar-refractivity contribution is -0.305. The Morgan fingerprint density at radius 3 is 1.18 bits per heavy atom. The number of rotatable bonds is 64. The van der Waals surface area contributed by atoms with Gasteiger partial charge in [0, 0.05) is 6.42 Å². The molecule has 1 rings (SSSR count). The molecule has 516 valence electrons. The van der Waals surface area contributed by atoms with Gasteiger partial charge in [0.1, 0.15) is 24.4 Å². The van der Waals surface area contributed by atoms with Gasteiger partial charge in [0.15, 0.2) is 12.4 Å². The molecule has 0 saturated carbocycles. The van der Waals surface area contributed by atoms with Gasteiger partial charge in [-0.25, -0.2) is 0 Å². The zero-order valence-electron chi connectivity index (χ0n) is 57.5. The molecular formula is C78H139NO10. The zero-order valence-corrected chi connectivity index (χ0v) is 57.5. The van der Waals surface area contributed by atoms with Crippen molar-refractivity contribution in [3.63, 3.8) is 0 Å². The van der Waals surface area contributed by atoms with Gasteiger partial charge in [0.25, 0.3) is 0 Å². The molecule has 89 heavy (non-hydrogen) atoms. The monoisotopic (exact) mass is 1250 g/mol. The molecule has 0 radical (unpaired) electrons. The van der Waals surface area contributed by atoms with Crippen LogP contribution in [0.1, 0.15) is 335 Å². The average Bonchev–Trinajstić information content (AvgIpc) is 3.11. The minimum Gasteiger partial charge on any atom is -0.454 e. The van der Waals surface area contributed by atoms with E-state index in [0.717, 1.165) is 96.3 Å². The molecule has 11 heteroatoms. The third kappa shape index (κ3) is 52.0. The Bertz CT molecular complexity index is 1780. The molecule has 0 bridgehead atoms. The van der Waals surface area contributed by atoms with E-state index in [1.54, 1.807) is 6.08 Å². The van der Waals surface area contributed by atoms with Crippen molar-refractivity contribution in [1.29, 1.82) is 0 Å². The summed E-state index contributed by atoms with van der Waals surface area (Å²) in [6, 6.07) is -1.03. The standard InChI is InChI=1S/C78H139NO10/c1-4-7-10-13-16-19-22-25-27-29-31-33-35-37-38-40-42-44-47-50-53-56-59-62-65-71(82)77(86)79-69(70(81)64-61-58-55-52-49-46-24-21-18-15-12-9-6-3)68-87-78-76(75(85)74(84)72(67-80)88-78)89-73(83)66-63-60-57-54-51-48-45-43-41-39-36-34-32-30-28-26-23-20-17-14-11-8-5-2/h16-17,19-20,25-28,31-34,61,64,69-72,74-76,78,80-82,84-85H,4-15,18,21-24,29-30,35-60,62-63,65-68H2,1-3H3,(H,79,86)/b19-16-,20-17-,27-25-,28-26-,33-31-,34-32-,64-61+. The van der Waals surface area contributed by atoms with Gasteiger partial charge in [-0.15, -0.1) is 0 Å².